The van der Waals surface area contributed by atoms with Crippen molar-refractivity contribution < 1.29 is 18.3 Å². The minimum atomic E-state index is -1.02. The molecule has 0 fully saturated rings. The molecule has 0 radical (unpaired) electrons. The minimum Gasteiger partial charge on any atom is -0.496 e. The predicted molar refractivity (Wildman–Crippen MR) is 42.7 cm³/mol. The molecule has 0 atom stereocenters. The van der Waals surface area contributed by atoms with Crippen molar-refractivity contribution >= 4 is 6.29 Å². The van der Waals surface area contributed by atoms with E-state index in [2.05, 4.69) is 0 Å². The van der Waals surface area contributed by atoms with Crippen LogP contribution in [-0.4, -0.2) is 13.4 Å². The molecule has 0 aliphatic carbocycles. The van der Waals surface area contributed by atoms with Crippen molar-refractivity contribution in [1.29, 1.82) is 0 Å². The average Bonchev–Trinajstić information content (AvgIpc) is 2.14. The van der Waals surface area contributed by atoms with Crippen LogP contribution in [0.5, 0.6) is 5.75 Å². The molecule has 0 spiro atoms. The molecule has 0 aromatic heterocycles. The second kappa shape index (κ2) is 3.98. The van der Waals surface area contributed by atoms with Crippen molar-refractivity contribution in [3.05, 3.63) is 29.3 Å². The third-order valence-electron chi connectivity index (χ3n) is 1.66. The molecular weight excluding hydrogens is 178 g/mol. The normalized spacial score (nSPS) is 9.77. The Morgan fingerprint density at radius 2 is 2.15 bits per heavy atom. The van der Waals surface area contributed by atoms with Crippen LogP contribution in [0.25, 0.3) is 0 Å². The van der Waals surface area contributed by atoms with Gasteiger partial charge in [0.2, 0.25) is 0 Å². The smallest absolute Gasteiger partial charge is 0.166 e. The lowest BCUT2D eigenvalue weighted by Gasteiger charge is -2.06. The van der Waals surface area contributed by atoms with Crippen molar-refractivity contribution in [2.75, 3.05) is 7.11 Å². The first-order chi connectivity index (χ1) is 6.20. The first-order valence-corrected chi connectivity index (χ1v) is 3.65. The Balaban J connectivity index is 3.23. The van der Waals surface area contributed by atoms with Crippen molar-refractivity contribution in [2.24, 2.45) is 0 Å². The summed E-state index contributed by atoms with van der Waals surface area (Å²) in [6.45, 7) is 0. The second-order valence-electron chi connectivity index (χ2n) is 2.41. The summed E-state index contributed by atoms with van der Waals surface area (Å²) in [5.41, 5.74) is -0.0440. The largest absolute Gasteiger partial charge is 0.496 e. The van der Waals surface area contributed by atoms with E-state index >= 15 is 0 Å². The van der Waals surface area contributed by atoms with Crippen LogP contribution in [0.15, 0.2) is 12.1 Å². The van der Waals surface area contributed by atoms with E-state index in [9.17, 15) is 13.6 Å². The van der Waals surface area contributed by atoms with E-state index in [1.807, 2.05) is 0 Å². The Labute approximate surface area is 74.1 Å². The molecule has 1 rings (SSSR count). The number of carbonyl (C=O) groups excluding carboxylic acids is 1. The minimum absolute atomic E-state index is 0.0440. The number of carbonyl (C=O) groups is 1. The van der Waals surface area contributed by atoms with Crippen LogP contribution in [0.4, 0.5) is 8.78 Å². The summed E-state index contributed by atoms with van der Waals surface area (Å²) in [7, 11) is 1.33. The highest BCUT2D eigenvalue weighted by atomic mass is 19.2. The zero-order valence-corrected chi connectivity index (χ0v) is 7.01. The van der Waals surface area contributed by atoms with Gasteiger partial charge in [0.25, 0.3) is 0 Å². The maximum absolute atomic E-state index is 13.0. The van der Waals surface area contributed by atoms with E-state index in [4.69, 9.17) is 4.74 Å². The van der Waals surface area contributed by atoms with Crippen molar-refractivity contribution in [2.45, 2.75) is 6.42 Å². The number of ether oxygens (including phenoxy) is 1. The van der Waals surface area contributed by atoms with Crippen LogP contribution < -0.4 is 4.74 Å². The molecule has 1 aromatic rings. The lowest BCUT2D eigenvalue weighted by Crippen LogP contribution is -1.99. The number of methoxy groups -OCH3 is 1. The van der Waals surface area contributed by atoms with E-state index in [-0.39, 0.29) is 17.7 Å². The van der Waals surface area contributed by atoms with Gasteiger partial charge in [0.1, 0.15) is 12.0 Å². The lowest BCUT2D eigenvalue weighted by molar-refractivity contribution is -0.107. The van der Waals surface area contributed by atoms with Gasteiger partial charge >= 0.3 is 0 Å². The molecule has 4 heteroatoms. The molecule has 0 unspecified atom stereocenters. The van der Waals surface area contributed by atoms with E-state index in [0.717, 1.165) is 6.07 Å². The van der Waals surface area contributed by atoms with Crippen LogP contribution in [0.3, 0.4) is 0 Å². The zero-order chi connectivity index (χ0) is 9.84. The van der Waals surface area contributed by atoms with Crippen LogP contribution in [0, 0.1) is 11.6 Å². The fourth-order valence-electron chi connectivity index (χ4n) is 1.04. The monoisotopic (exact) mass is 186 g/mol. The highest BCUT2D eigenvalue weighted by Gasteiger charge is 2.12. The SMILES string of the molecule is COc1ccc(F)c(F)c1CC=O. The summed E-state index contributed by atoms with van der Waals surface area (Å²) in [4.78, 5) is 10.2. The molecule has 2 nitrogen and oxygen atoms in total. The van der Waals surface area contributed by atoms with Crippen molar-refractivity contribution in [3.8, 4) is 5.75 Å². The second-order valence-corrected chi connectivity index (χ2v) is 2.41. The van der Waals surface area contributed by atoms with Gasteiger partial charge < -0.3 is 9.53 Å². The van der Waals surface area contributed by atoms with Gasteiger partial charge in [0.05, 0.1) is 7.11 Å². The number of rotatable bonds is 3. The molecule has 0 heterocycles. The number of halogens is 2. The highest BCUT2D eigenvalue weighted by molar-refractivity contribution is 5.57. The Hall–Kier alpha value is -1.45. The molecule has 70 valence electrons. The summed E-state index contributed by atoms with van der Waals surface area (Å²) in [5.74, 6) is -1.81. The first kappa shape index (κ1) is 9.64. The van der Waals surface area contributed by atoms with E-state index in [0.29, 0.717) is 6.29 Å². The van der Waals surface area contributed by atoms with Gasteiger partial charge in [-0.3, -0.25) is 0 Å². The van der Waals surface area contributed by atoms with E-state index in [1.54, 1.807) is 0 Å². The van der Waals surface area contributed by atoms with Crippen LogP contribution in [-0.2, 0) is 11.2 Å². The molecule has 0 bridgehead atoms. The van der Waals surface area contributed by atoms with E-state index in [1.165, 1.54) is 13.2 Å². The highest BCUT2D eigenvalue weighted by Crippen LogP contribution is 2.23. The standard InChI is InChI=1S/C9H8F2O2/c1-13-8-3-2-7(10)9(11)6(8)4-5-12/h2-3,5H,4H2,1H3. The molecule has 0 amide bonds. The van der Waals surface area contributed by atoms with E-state index < -0.39 is 11.6 Å². The van der Waals surface area contributed by atoms with Gasteiger partial charge in [0.15, 0.2) is 11.6 Å². The summed E-state index contributed by atoms with van der Waals surface area (Å²) < 4.78 is 30.5. The van der Waals surface area contributed by atoms with Crippen LogP contribution in [0.2, 0.25) is 0 Å². The topological polar surface area (TPSA) is 26.3 Å². The molecular formula is C9H8F2O2. The summed E-state index contributed by atoms with van der Waals surface area (Å²) >= 11 is 0. The average molecular weight is 186 g/mol. The van der Waals surface area contributed by atoms with Gasteiger partial charge in [-0.25, -0.2) is 8.78 Å². The number of hydrogen-bond acceptors (Lipinski definition) is 2. The maximum Gasteiger partial charge on any atom is 0.166 e. The fourth-order valence-corrected chi connectivity index (χ4v) is 1.04. The fraction of sp³-hybridized carbons (Fsp3) is 0.222. The Morgan fingerprint density at radius 1 is 1.46 bits per heavy atom. The zero-order valence-electron chi connectivity index (χ0n) is 7.01. The van der Waals surface area contributed by atoms with Crippen LogP contribution >= 0.6 is 0 Å². The third kappa shape index (κ3) is 1.83. The molecule has 0 aliphatic rings. The number of benzene rings is 1. The molecule has 13 heavy (non-hydrogen) atoms. The third-order valence-corrected chi connectivity index (χ3v) is 1.66. The number of hydrogen-bond donors (Lipinski definition) is 0. The predicted octanol–water partition coefficient (Wildman–Crippen LogP) is 1.71. The van der Waals surface area contributed by atoms with Gasteiger partial charge in [0, 0.05) is 12.0 Å². The van der Waals surface area contributed by atoms with Crippen LogP contribution in [0.1, 0.15) is 5.56 Å². The van der Waals surface area contributed by atoms with Gasteiger partial charge in [-0.05, 0) is 12.1 Å². The molecule has 1 aromatic carbocycles. The number of aldehydes is 1. The van der Waals surface area contributed by atoms with Crippen molar-refractivity contribution in [3.63, 3.8) is 0 Å². The Morgan fingerprint density at radius 3 is 2.69 bits per heavy atom. The first-order valence-electron chi connectivity index (χ1n) is 3.65. The molecule has 0 N–H and O–H groups in total. The summed E-state index contributed by atoms with van der Waals surface area (Å²) in [5, 5.41) is 0. The summed E-state index contributed by atoms with van der Waals surface area (Å²) in [6, 6.07) is 2.25. The molecule has 0 saturated heterocycles. The Kier molecular flexibility index (Phi) is 2.95. The lowest BCUT2D eigenvalue weighted by atomic mass is 10.1. The van der Waals surface area contributed by atoms with Crippen molar-refractivity contribution in [1.82, 2.24) is 0 Å². The Bertz CT molecular complexity index is 324. The quantitative estimate of drug-likeness (QED) is 0.672. The molecule has 0 saturated carbocycles. The summed E-state index contributed by atoms with van der Waals surface area (Å²) in [6.07, 6.45) is 0.313. The maximum atomic E-state index is 13.0. The van der Waals surface area contributed by atoms with Gasteiger partial charge in [-0.1, -0.05) is 0 Å². The molecule has 0 aliphatic heterocycles. The van der Waals surface area contributed by atoms with Gasteiger partial charge in [-0.2, -0.15) is 0 Å². The van der Waals surface area contributed by atoms with Gasteiger partial charge in [-0.15, -0.1) is 0 Å².